The Bertz CT molecular complexity index is 654. The molecule has 8 heteroatoms. The lowest BCUT2D eigenvalue weighted by Gasteiger charge is -2.16. The van der Waals surface area contributed by atoms with E-state index < -0.39 is 17.8 Å². The standard InChI is InChI=1S/C13H13FN4O3/c1-8-5-11(17-21-8)16-12(19)7-18(2)13(20)9-3-4-10(14)15-6-9/h3-6H,7H2,1-2H3,(H,16,17,19). The minimum atomic E-state index is -0.673. The van der Waals surface area contributed by atoms with E-state index in [2.05, 4.69) is 15.5 Å². The van der Waals surface area contributed by atoms with Crippen LogP contribution in [0.25, 0.3) is 0 Å². The number of carbonyl (C=O) groups excluding carboxylic acids is 2. The maximum absolute atomic E-state index is 12.7. The Hall–Kier alpha value is -2.77. The SMILES string of the molecule is Cc1cc(NC(=O)CN(C)C(=O)c2ccc(F)nc2)no1. The smallest absolute Gasteiger partial charge is 0.255 e. The molecule has 0 atom stereocenters. The Kier molecular flexibility index (Phi) is 4.27. The lowest BCUT2D eigenvalue weighted by Crippen LogP contribution is -2.35. The van der Waals surface area contributed by atoms with Crippen LogP contribution in [0, 0.1) is 12.9 Å². The summed E-state index contributed by atoms with van der Waals surface area (Å²) < 4.78 is 17.5. The van der Waals surface area contributed by atoms with Gasteiger partial charge in [0.05, 0.1) is 12.1 Å². The Balaban J connectivity index is 1.94. The molecule has 0 aromatic carbocycles. The van der Waals surface area contributed by atoms with Gasteiger partial charge >= 0.3 is 0 Å². The number of anilines is 1. The van der Waals surface area contributed by atoms with Crippen LogP contribution in [0.4, 0.5) is 10.2 Å². The van der Waals surface area contributed by atoms with E-state index >= 15 is 0 Å². The first-order chi connectivity index (χ1) is 9.95. The molecule has 2 aromatic rings. The molecule has 0 aliphatic rings. The number of likely N-dealkylation sites (N-methyl/N-ethyl adjacent to an activating group) is 1. The van der Waals surface area contributed by atoms with Gasteiger partial charge in [0, 0.05) is 19.3 Å². The molecule has 0 saturated heterocycles. The second kappa shape index (κ2) is 6.12. The van der Waals surface area contributed by atoms with Crippen LogP contribution >= 0.6 is 0 Å². The number of carbonyl (C=O) groups is 2. The molecule has 7 nitrogen and oxygen atoms in total. The molecule has 0 aliphatic carbocycles. The zero-order chi connectivity index (χ0) is 15.4. The predicted molar refractivity (Wildman–Crippen MR) is 71.0 cm³/mol. The maximum Gasteiger partial charge on any atom is 0.255 e. The quantitative estimate of drug-likeness (QED) is 0.856. The number of halogens is 1. The van der Waals surface area contributed by atoms with Gasteiger partial charge in [-0.3, -0.25) is 9.59 Å². The van der Waals surface area contributed by atoms with Crippen molar-refractivity contribution >= 4 is 17.6 Å². The highest BCUT2D eigenvalue weighted by Crippen LogP contribution is 2.07. The van der Waals surface area contributed by atoms with Crippen LogP contribution in [0.2, 0.25) is 0 Å². The molecule has 0 spiro atoms. The zero-order valence-electron chi connectivity index (χ0n) is 11.5. The minimum absolute atomic E-state index is 0.178. The summed E-state index contributed by atoms with van der Waals surface area (Å²) in [4.78, 5) is 28.3. The van der Waals surface area contributed by atoms with E-state index in [9.17, 15) is 14.0 Å². The van der Waals surface area contributed by atoms with Crippen molar-refractivity contribution in [1.82, 2.24) is 15.0 Å². The van der Waals surface area contributed by atoms with Gasteiger partial charge in [0.25, 0.3) is 5.91 Å². The van der Waals surface area contributed by atoms with Gasteiger partial charge in [0.15, 0.2) is 5.82 Å². The van der Waals surface area contributed by atoms with Crippen molar-refractivity contribution in [2.45, 2.75) is 6.92 Å². The summed E-state index contributed by atoms with van der Waals surface area (Å²) in [5, 5.41) is 6.11. The highest BCUT2D eigenvalue weighted by molar-refractivity contribution is 5.98. The number of pyridine rings is 1. The van der Waals surface area contributed by atoms with Crippen molar-refractivity contribution < 1.29 is 18.5 Å². The van der Waals surface area contributed by atoms with E-state index in [4.69, 9.17) is 4.52 Å². The molecule has 0 saturated carbocycles. The molecule has 2 heterocycles. The van der Waals surface area contributed by atoms with Crippen molar-refractivity contribution in [2.24, 2.45) is 0 Å². The highest BCUT2D eigenvalue weighted by atomic mass is 19.1. The molecular formula is C13H13FN4O3. The van der Waals surface area contributed by atoms with Crippen LogP contribution < -0.4 is 5.32 Å². The normalized spacial score (nSPS) is 10.2. The van der Waals surface area contributed by atoms with Crippen molar-refractivity contribution in [3.8, 4) is 0 Å². The van der Waals surface area contributed by atoms with Crippen LogP contribution in [0.15, 0.2) is 28.9 Å². The Morgan fingerprint density at radius 2 is 2.19 bits per heavy atom. The fourth-order valence-electron chi connectivity index (χ4n) is 1.62. The number of nitrogens with zero attached hydrogens (tertiary/aromatic N) is 3. The molecule has 21 heavy (non-hydrogen) atoms. The first-order valence-electron chi connectivity index (χ1n) is 6.06. The third kappa shape index (κ3) is 3.85. The van der Waals surface area contributed by atoms with Crippen molar-refractivity contribution in [1.29, 1.82) is 0 Å². The fraction of sp³-hybridized carbons (Fsp3) is 0.231. The molecule has 2 aromatic heterocycles. The zero-order valence-corrected chi connectivity index (χ0v) is 11.5. The van der Waals surface area contributed by atoms with Crippen molar-refractivity contribution in [3.05, 3.63) is 41.7 Å². The lowest BCUT2D eigenvalue weighted by atomic mass is 10.2. The summed E-state index contributed by atoms with van der Waals surface area (Å²) in [6, 6.07) is 3.95. The molecule has 0 aliphatic heterocycles. The second-order valence-corrected chi connectivity index (χ2v) is 4.40. The van der Waals surface area contributed by atoms with Crippen molar-refractivity contribution in [2.75, 3.05) is 18.9 Å². The summed E-state index contributed by atoms with van der Waals surface area (Å²) in [5.41, 5.74) is 0.198. The molecule has 1 N–H and O–H groups in total. The van der Waals surface area contributed by atoms with Gasteiger partial charge in [-0.05, 0) is 19.1 Å². The number of rotatable bonds is 4. The third-order valence-corrected chi connectivity index (χ3v) is 2.60. The lowest BCUT2D eigenvalue weighted by molar-refractivity contribution is -0.116. The molecule has 2 rings (SSSR count). The monoisotopic (exact) mass is 292 g/mol. The molecule has 0 fully saturated rings. The van der Waals surface area contributed by atoms with Crippen molar-refractivity contribution in [3.63, 3.8) is 0 Å². The van der Waals surface area contributed by atoms with Gasteiger partial charge in [0.1, 0.15) is 5.76 Å². The number of aromatic nitrogens is 2. The van der Waals surface area contributed by atoms with Gasteiger partial charge < -0.3 is 14.7 Å². The third-order valence-electron chi connectivity index (χ3n) is 2.60. The van der Waals surface area contributed by atoms with Gasteiger partial charge in [0.2, 0.25) is 11.9 Å². The fourth-order valence-corrected chi connectivity index (χ4v) is 1.62. The topological polar surface area (TPSA) is 88.3 Å². The maximum atomic E-state index is 12.7. The Labute approximate surface area is 119 Å². The molecule has 0 bridgehead atoms. The number of nitrogens with one attached hydrogen (secondary N) is 1. The summed E-state index contributed by atoms with van der Waals surface area (Å²) in [6.07, 6.45) is 1.12. The first-order valence-corrected chi connectivity index (χ1v) is 6.06. The van der Waals surface area contributed by atoms with E-state index in [1.165, 1.54) is 18.0 Å². The number of hydrogen-bond donors (Lipinski definition) is 1. The van der Waals surface area contributed by atoms with Gasteiger partial charge in [-0.1, -0.05) is 5.16 Å². The number of hydrogen-bond acceptors (Lipinski definition) is 5. The van der Waals surface area contributed by atoms with E-state index in [1.54, 1.807) is 13.0 Å². The predicted octanol–water partition coefficient (Wildman–Crippen LogP) is 1.23. The summed E-state index contributed by atoms with van der Waals surface area (Å²) in [5.74, 6) is -0.689. The second-order valence-electron chi connectivity index (χ2n) is 4.40. The van der Waals surface area contributed by atoms with E-state index in [0.717, 1.165) is 12.3 Å². The van der Waals surface area contributed by atoms with Crippen LogP contribution in [-0.2, 0) is 4.79 Å². The number of amides is 2. The van der Waals surface area contributed by atoms with Gasteiger partial charge in [-0.15, -0.1) is 0 Å². The average molecular weight is 292 g/mol. The van der Waals surface area contributed by atoms with Gasteiger partial charge in [-0.2, -0.15) is 4.39 Å². The Morgan fingerprint density at radius 1 is 1.43 bits per heavy atom. The molecule has 0 radical (unpaired) electrons. The summed E-state index contributed by atoms with van der Waals surface area (Å²) >= 11 is 0. The van der Waals surface area contributed by atoms with E-state index in [0.29, 0.717) is 5.76 Å². The largest absolute Gasteiger partial charge is 0.360 e. The van der Waals surface area contributed by atoms with E-state index in [1.807, 2.05) is 0 Å². The molecular weight excluding hydrogens is 279 g/mol. The number of aryl methyl sites for hydroxylation is 1. The summed E-state index contributed by atoms with van der Waals surface area (Å²) in [6.45, 7) is 1.52. The van der Waals surface area contributed by atoms with Gasteiger partial charge in [-0.25, -0.2) is 4.98 Å². The molecule has 2 amide bonds. The van der Waals surface area contributed by atoms with Crippen LogP contribution in [0.3, 0.4) is 0 Å². The minimum Gasteiger partial charge on any atom is -0.360 e. The van der Waals surface area contributed by atoms with Crippen LogP contribution in [0.1, 0.15) is 16.1 Å². The molecule has 110 valence electrons. The summed E-state index contributed by atoms with van der Waals surface area (Å²) in [7, 11) is 1.46. The highest BCUT2D eigenvalue weighted by Gasteiger charge is 2.16. The van der Waals surface area contributed by atoms with E-state index in [-0.39, 0.29) is 17.9 Å². The average Bonchev–Trinajstić information content (AvgIpc) is 2.83. The van der Waals surface area contributed by atoms with Crippen LogP contribution in [-0.4, -0.2) is 40.4 Å². The first kappa shape index (κ1) is 14.6. The molecule has 0 unspecified atom stereocenters. The van der Waals surface area contributed by atoms with Crippen LogP contribution in [0.5, 0.6) is 0 Å². The Morgan fingerprint density at radius 3 is 2.76 bits per heavy atom.